The number of rotatable bonds is 4. The summed E-state index contributed by atoms with van der Waals surface area (Å²) >= 11 is 0. The van der Waals surface area contributed by atoms with E-state index in [0.717, 1.165) is 6.07 Å². The summed E-state index contributed by atoms with van der Waals surface area (Å²) in [5.41, 5.74) is 0.230. The van der Waals surface area contributed by atoms with E-state index in [1.165, 1.54) is 26.4 Å². The minimum Gasteiger partial charge on any atom is -0.496 e. The zero-order chi connectivity index (χ0) is 12.1. The van der Waals surface area contributed by atoms with E-state index in [1.807, 2.05) is 0 Å². The first kappa shape index (κ1) is 12.4. The smallest absolute Gasteiger partial charge is 0.308 e. The number of aliphatic hydroxyl groups is 1. The fraction of sp³-hybridized carbons (Fsp3) is 0.364. The maximum atomic E-state index is 13.0. The first-order valence-corrected chi connectivity index (χ1v) is 4.66. The van der Waals surface area contributed by atoms with Crippen LogP contribution in [0.2, 0.25) is 0 Å². The molecule has 1 N–H and O–H groups in total. The molecule has 0 spiro atoms. The van der Waals surface area contributed by atoms with Crippen LogP contribution in [0, 0.1) is 5.82 Å². The van der Waals surface area contributed by atoms with Crippen LogP contribution < -0.4 is 4.74 Å². The molecule has 1 rings (SSSR count). The monoisotopic (exact) mass is 228 g/mol. The Morgan fingerprint density at radius 1 is 1.50 bits per heavy atom. The van der Waals surface area contributed by atoms with Crippen molar-refractivity contribution in [1.29, 1.82) is 0 Å². The topological polar surface area (TPSA) is 55.8 Å². The van der Waals surface area contributed by atoms with Crippen molar-refractivity contribution in [2.24, 2.45) is 0 Å². The minimum atomic E-state index is -1.14. The second-order valence-electron chi connectivity index (χ2n) is 3.18. The van der Waals surface area contributed by atoms with Crippen LogP contribution in [-0.2, 0) is 9.53 Å². The van der Waals surface area contributed by atoms with Crippen LogP contribution in [0.15, 0.2) is 18.2 Å². The van der Waals surface area contributed by atoms with Crippen molar-refractivity contribution in [3.8, 4) is 5.75 Å². The molecule has 5 heteroatoms. The van der Waals surface area contributed by atoms with E-state index in [0.29, 0.717) is 5.75 Å². The van der Waals surface area contributed by atoms with Crippen LogP contribution in [0.4, 0.5) is 4.39 Å². The molecule has 0 saturated heterocycles. The van der Waals surface area contributed by atoms with E-state index in [4.69, 9.17) is 4.74 Å². The quantitative estimate of drug-likeness (QED) is 0.792. The summed E-state index contributed by atoms with van der Waals surface area (Å²) in [5, 5.41) is 9.71. The van der Waals surface area contributed by atoms with E-state index in [2.05, 4.69) is 4.74 Å². The number of methoxy groups -OCH3 is 2. The molecule has 1 aromatic rings. The molecule has 0 radical (unpaired) electrons. The van der Waals surface area contributed by atoms with Gasteiger partial charge in [0.05, 0.1) is 26.7 Å². The summed E-state index contributed by atoms with van der Waals surface area (Å²) < 4.78 is 22.4. The normalized spacial score (nSPS) is 12.0. The van der Waals surface area contributed by atoms with Gasteiger partial charge in [-0.05, 0) is 18.2 Å². The average Bonchev–Trinajstić information content (AvgIpc) is 2.28. The third-order valence-electron chi connectivity index (χ3n) is 2.14. The number of hydrogen-bond acceptors (Lipinski definition) is 4. The zero-order valence-corrected chi connectivity index (χ0v) is 9.07. The Bertz CT molecular complexity index is 378. The van der Waals surface area contributed by atoms with Crippen molar-refractivity contribution in [3.05, 3.63) is 29.6 Å². The van der Waals surface area contributed by atoms with E-state index < -0.39 is 17.9 Å². The molecule has 0 amide bonds. The fourth-order valence-electron chi connectivity index (χ4n) is 1.32. The largest absolute Gasteiger partial charge is 0.496 e. The van der Waals surface area contributed by atoms with Gasteiger partial charge in [-0.2, -0.15) is 0 Å². The molecule has 16 heavy (non-hydrogen) atoms. The van der Waals surface area contributed by atoms with Crippen molar-refractivity contribution in [1.82, 2.24) is 0 Å². The Balaban J connectivity index is 2.92. The molecule has 1 aromatic carbocycles. The predicted molar refractivity (Wildman–Crippen MR) is 54.5 cm³/mol. The number of halogens is 1. The number of benzene rings is 1. The lowest BCUT2D eigenvalue weighted by Crippen LogP contribution is -2.09. The number of esters is 1. The molecule has 0 bridgehead atoms. The third-order valence-corrected chi connectivity index (χ3v) is 2.14. The third kappa shape index (κ3) is 2.93. The number of aliphatic hydroxyl groups excluding tert-OH is 1. The molecule has 0 aliphatic rings. The first-order valence-electron chi connectivity index (χ1n) is 4.66. The average molecular weight is 228 g/mol. The van der Waals surface area contributed by atoms with Crippen LogP contribution in [0.3, 0.4) is 0 Å². The highest BCUT2D eigenvalue weighted by Crippen LogP contribution is 2.28. The van der Waals surface area contributed by atoms with Crippen molar-refractivity contribution in [2.75, 3.05) is 14.2 Å². The standard InChI is InChI=1S/C11H13FO4/c1-15-10-4-3-7(12)5-8(10)9(13)6-11(14)16-2/h3-5,9,13H,6H2,1-2H3/t9-/m0/s1. The summed E-state index contributed by atoms with van der Waals surface area (Å²) in [7, 11) is 2.62. The number of ether oxygens (including phenoxy) is 2. The second-order valence-corrected chi connectivity index (χ2v) is 3.18. The van der Waals surface area contributed by atoms with Crippen LogP contribution in [-0.4, -0.2) is 25.3 Å². The molecule has 0 fully saturated rings. The van der Waals surface area contributed by atoms with Crippen LogP contribution in [0.1, 0.15) is 18.1 Å². The van der Waals surface area contributed by atoms with Gasteiger partial charge in [-0.3, -0.25) is 4.79 Å². The van der Waals surface area contributed by atoms with Gasteiger partial charge in [0.1, 0.15) is 11.6 Å². The highest BCUT2D eigenvalue weighted by Gasteiger charge is 2.18. The molecular formula is C11H13FO4. The maximum absolute atomic E-state index is 13.0. The van der Waals surface area contributed by atoms with Crippen molar-refractivity contribution in [2.45, 2.75) is 12.5 Å². The van der Waals surface area contributed by atoms with Crippen molar-refractivity contribution >= 4 is 5.97 Å². The van der Waals surface area contributed by atoms with Gasteiger partial charge in [0.15, 0.2) is 0 Å². The summed E-state index contributed by atoms with van der Waals surface area (Å²) in [6.07, 6.45) is -1.38. The SMILES string of the molecule is COC(=O)C[C@H](O)c1cc(F)ccc1OC. The number of carbonyl (C=O) groups is 1. The Morgan fingerprint density at radius 2 is 2.19 bits per heavy atom. The van der Waals surface area contributed by atoms with Gasteiger partial charge >= 0.3 is 5.97 Å². The minimum absolute atomic E-state index is 0.230. The van der Waals surface area contributed by atoms with Gasteiger partial charge in [-0.1, -0.05) is 0 Å². The molecule has 0 heterocycles. The lowest BCUT2D eigenvalue weighted by molar-refractivity contribution is -0.142. The molecule has 4 nitrogen and oxygen atoms in total. The van der Waals surface area contributed by atoms with Crippen molar-refractivity contribution < 1.29 is 23.8 Å². The molecule has 0 saturated carbocycles. The second kappa shape index (κ2) is 5.46. The number of hydrogen-bond donors (Lipinski definition) is 1. The summed E-state index contributed by atoms with van der Waals surface area (Å²) in [5.74, 6) is -0.740. The summed E-state index contributed by atoms with van der Waals surface area (Å²) in [4.78, 5) is 11.0. The van der Waals surface area contributed by atoms with Gasteiger partial charge in [0.2, 0.25) is 0 Å². The van der Waals surface area contributed by atoms with Crippen LogP contribution >= 0.6 is 0 Å². The molecule has 1 atom stereocenters. The zero-order valence-electron chi connectivity index (χ0n) is 9.07. The van der Waals surface area contributed by atoms with Gasteiger partial charge < -0.3 is 14.6 Å². The maximum Gasteiger partial charge on any atom is 0.308 e. The Labute approximate surface area is 92.6 Å². The molecule has 0 aromatic heterocycles. The lowest BCUT2D eigenvalue weighted by Gasteiger charge is -2.13. The highest BCUT2D eigenvalue weighted by atomic mass is 19.1. The summed E-state index contributed by atoms with van der Waals surface area (Å²) in [6.45, 7) is 0. The fourth-order valence-corrected chi connectivity index (χ4v) is 1.32. The lowest BCUT2D eigenvalue weighted by atomic mass is 10.1. The first-order chi connectivity index (χ1) is 7.58. The number of carbonyl (C=O) groups excluding carboxylic acids is 1. The van der Waals surface area contributed by atoms with Gasteiger partial charge in [-0.25, -0.2) is 4.39 Å². The molecule has 0 aliphatic heterocycles. The van der Waals surface area contributed by atoms with E-state index in [1.54, 1.807) is 0 Å². The van der Waals surface area contributed by atoms with Crippen molar-refractivity contribution in [3.63, 3.8) is 0 Å². The Hall–Kier alpha value is -1.62. The Morgan fingerprint density at radius 3 is 2.75 bits per heavy atom. The van der Waals surface area contributed by atoms with Crippen LogP contribution in [0.25, 0.3) is 0 Å². The van der Waals surface area contributed by atoms with E-state index in [9.17, 15) is 14.3 Å². The molecule has 0 unspecified atom stereocenters. The molecule has 0 aliphatic carbocycles. The van der Waals surface area contributed by atoms with E-state index >= 15 is 0 Å². The molecule has 88 valence electrons. The summed E-state index contributed by atoms with van der Waals surface area (Å²) in [6, 6.07) is 3.74. The Kier molecular flexibility index (Phi) is 4.25. The predicted octanol–water partition coefficient (Wildman–Crippen LogP) is 1.43. The van der Waals surface area contributed by atoms with Gasteiger partial charge in [0, 0.05) is 5.56 Å². The van der Waals surface area contributed by atoms with Crippen LogP contribution in [0.5, 0.6) is 5.75 Å². The molecular weight excluding hydrogens is 215 g/mol. The highest BCUT2D eigenvalue weighted by molar-refractivity contribution is 5.70. The van der Waals surface area contributed by atoms with Gasteiger partial charge in [-0.15, -0.1) is 0 Å². The van der Waals surface area contributed by atoms with Gasteiger partial charge in [0.25, 0.3) is 0 Å². The van der Waals surface area contributed by atoms with E-state index in [-0.39, 0.29) is 12.0 Å².